The van der Waals surface area contributed by atoms with Crippen LogP contribution in [-0.4, -0.2) is 23.6 Å². The van der Waals surface area contributed by atoms with Crippen molar-refractivity contribution in [3.05, 3.63) is 0 Å². The van der Waals surface area contributed by atoms with Crippen molar-refractivity contribution >= 4 is 18.5 Å². The van der Waals surface area contributed by atoms with Crippen molar-refractivity contribution in [1.29, 1.82) is 0 Å². The van der Waals surface area contributed by atoms with Crippen LogP contribution in [0.25, 0.3) is 0 Å². The third-order valence-corrected chi connectivity index (χ3v) is 3.69. The molecule has 84 valence electrons. The fraction of sp³-hybridized carbons (Fsp3) is 0.727. The van der Waals surface area contributed by atoms with Gasteiger partial charge >= 0.3 is 5.97 Å². The molecule has 0 bridgehead atoms. The summed E-state index contributed by atoms with van der Waals surface area (Å²) in [5.74, 6) is -1.28. The Morgan fingerprint density at radius 1 is 1.33 bits per heavy atom. The first-order valence-electron chi connectivity index (χ1n) is 5.04. The van der Waals surface area contributed by atoms with Crippen LogP contribution in [0.3, 0.4) is 0 Å². The molecule has 0 saturated heterocycles. The summed E-state index contributed by atoms with van der Waals surface area (Å²) in [6, 6.07) is 0. The summed E-state index contributed by atoms with van der Waals surface area (Å²) < 4.78 is 0. The second kappa shape index (κ2) is 3.76. The van der Waals surface area contributed by atoms with Gasteiger partial charge in [0.1, 0.15) is 12.6 Å². The van der Waals surface area contributed by atoms with Crippen LogP contribution in [0, 0.1) is 16.7 Å². The topological polar surface area (TPSA) is 71.4 Å². The number of hydrogen-bond donors (Lipinski definition) is 1. The molecule has 1 atom stereocenters. The highest BCUT2D eigenvalue weighted by Gasteiger charge is 2.50. The van der Waals surface area contributed by atoms with E-state index in [9.17, 15) is 14.4 Å². The molecule has 1 saturated carbocycles. The summed E-state index contributed by atoms with van der Waals surface area (Å²) in [7, 11) is 0. The fourth-order valence-electron chi connectivity index (χ4n) is 2.33. The lowest BCUT2D eigenvalue weighted by Crippen LogP contribution is -2.47. The summed E-state index contributed by atoms with van der Waals surface area (Å²) in [4.78, 5) is 32.9. The van der Waals surface area contributed by atoms with Crippen LogP contribution in [-0.2, 0) is 14.4 Å². The predicted octanol–water partition coefficient (Wildman–Crippen LogP) is 1.28. The number of aldehydes is 2. The highest BCUT2D eigenvalue weighted by molar-refractivity contribution is 5.85. The highest BCUT2D eigenvalue weighted by Crippen LogP contribution is 2.49. The third kappa shape index (κ3) is 1.80. The minimum Gasteiger partial charge on any atom is -0.481 e. The van der Waals surface area contributed by atoms with E-state index in [1.54, 1.807) is 13.8 Å². The molecular weight excluding hydrogens is 196 g/mol. The van der Waals surface area contributed by atoms with Crippen LogP contribution in [0.2, 0.25) is 0 Å². The number of carbonyl (C=O) groups is 3. The molecule has 0 spiro atoms. The summed E-state index contributed by atoms with van der Waals surface area (Å²) in [5, 5.41) is 8.91. The lowest BCUT2D eigenvalue weighted by atomic mass is 9.56. The van der Waals surface area contributed by atoms with Gasteiger partial charge in [-0.3, -0.25) is 4.79 Å². The second-order valence-electron chi connectivity index (χ2n) is 4.94. The maximum Gasteiger partial charge on any atom is 0.306 e. The molecule has 1 unspecified atom stereocenters. The Hall–Kier alpha value is -1.19. The molecule has 4 heteroatoms. The lowest BCUT2D eigenvalue weighted by molar-refractivity contribution is -0.152. The number of hydrogen-bond acceptors (Lipinski definition) is 3. The number of rotatable bonds is 3. The monoisotopic (exact) mass is 212 g/mol. The van der Waals surface area contributed by atoms with Crippen LogP contribution in [0.15, 0.2) is 0 Å². The Bertz CT molecular complexity index is 285. The van der Waals surface area contributed by atoms with Crippen LogP contribution in [0.4, 0.5) is 0 Å². The Labute approximate surface area is 88.7 Å². The van der Waals surface area contributed by atoms with E-state index in [1.165, 1.54) is 0 Å². The number of aliphatic carboxylic acids is 1. The van der Waals surface area contributed by atoms with Gasteiger partial charge in [0, 0.05) is 0 Å². The number of carboxylic acid groups (broad SMARTS) is 1. The quantitative estimate of drug-likeness (QED) is 0.565. The van der Waals surface area contributed by atoms with Crippen molar-refractivity contribution in [2.45, 2.75) is 33.1 Å². The smallest absolute Gasteiger partial charge is 0.306 e. The SMILES string of the molecule is CC1(C)CC(C(=O)O)CCC1(C=O)C=O. The first kappa shape index (κ1) is 11.9. The molecule has 0 aromatic heterocycles. The first-order chi connectivity index (χ1) is 6.88. The Kier molecular flexibility index (Phi) is 2.98. The number of carbonyl (C=O) groups excluding carboxylic acids is 2. The van der Waals surface area contributed by atoms with Crippen molar-refractivity contribution in [3.63, 3.8) is 0 Å². The summed E-state index contributed by atoms with van der Waals surface area (Å²) in [5.41, 5.74) is -1.57. The second-order valence-corrected chi connectivity index (χ2v) is 4.94. The number of carboxylic acids is 1. The molecule has 0 aromatic carbocycles. The maximum absolute atomic E-state index is 11.0. The molecule has 0 radical (unpaired) electrons. The van der Waals surface area contributed by atoms with Gasteiger partial charge in [-0.05, 0) is 24.7 Å². The minimum absolute atomic E-state index is 0.337. The zero-order valence-corrected chi connectivity index (χ0v) is 9.03. The Morgan fingerprint density at radius 3 is 2.20 bits per heavy atom. The van der Waals surface area contributed by atoms with Gasteiger partial charge in [0.2, 0.25) is 0 Å². The average molecular weight is 212 g/mol. The molecule has 4 nitrogen and oxygen atoms in total. The van der Waals surface area contributed by atoms with E-state index in [0.29, 0.717) is 31.8 Å². The van der Waals surface area contributed by atoms with E-state index in [0.717, 1.165) is 0 Å². The van der Waals surface area contributed by atoms with Gasteiger partial charge in [-0.15, -0.1) is 0 Å². The van der Waals surface area contributed by atoms with Crippen molar-refractivity contribution in [2.75, 3.05) is 0 Å². The van der Waals surface area contributed by atoms with E-state index in [4.69, 9.17) is 5.11 Å². The Morgan fingerprint density at radius 2 is 1.87 bits per heavy atom. The molecule has 0 amide bonds. The fourth-order valence-corrected chi connectivity index (χ4v) is 2.33. The van der Waals surface area contributed by atoms with E-state index < -0.39 is 22.7 Å². The molecule has 0 aromatic rings. The molecule has 1 N–H and O–H groups in total. The van der Waals surface area contributed by atoms with Gasteiger partial charge in [0.05, 0.1) is 11.3 Å². The zero-order chi connectivity index (χ0) is 11.7. The minimum atomic E-state index is -1.00. The summed E-state index contributed by atoms with van der Waals surface area (Å²) in [6.45, 7) is 3.57. The van der Waals surface area contributed by atoms with Gasteiger partial charge in [0.15, 0.2) is 0 Å². The van der Waals surface area contributed by atoms with Gasteiger partial charge in [-0.1, -0.05) is 13.8 Å². The molecule has 1 aliphatic carbocycles. The molecular formula is C11H16O4. The van der Waals surface area contributed by atoms with Crippen LogP contribution in [0.5, 0.6) is 0 Å². The molecule has 0 heterocycles. The zero-order valence-electron chi connectivity index (χ0n) is 9.03. The van der Waals surface area contributed by atoms with Gasteiger partial charge in [-0.25, -0.2) is 0 Å². The van der Waals surface area contributed by atoms with Gasteiger partial charge in [-0.2, -0.15) is 0 Å². The third-order valence-electron chi connectivity index (χ3n) is 3.69. The normalized spacial score (nSPS) is 28.0. The van der Waals surface area contributed by atoms with E-state index >= 15 is 0 Å². The average Bonchev–Trinajstić information content (AvgIpc) is 2.17. The van der Waals surface area contributed by atoms with Gasteiger partial charge in [0.25, 0.3) is 0 Å². The standard InChI is InChI=1S/C11H16O4/c1-10(2)5-8(9(14)15)3-4-11(10,6-12)7-13/h6-8H,3-5H2,1-2H3,(H,14,15). The molecule has 1 rings (SSSR count). The van der Waals surface area contributed by atoms with Gasteiger partial charge < -0.3 is 14.7 Å². The van der Waals surface area contributed by atoms with Crippen LogP contribution >= 0.6 is 0 Å². The molecule has 1 fully saturated rings. The predicted molar refractivity (Wildman–Crippen MR) is 53.3 cm³/mol. The Balaban J connectivity index is 2.96. The summed E-state index contributed by atoms with van der Waals surface area (Å²) in [6.07, 6.45) is 2.47. The largest absolute Gasteiger partial charge is 0.481 e. The highest BCUT2D eigenvalue weighted by atomic mass is 16.4. The van der Waals surface area contributed by atoms with E-state index in [1.807, 2.05) is 0 Å². The molecule has 15 heavy (non-hydrogen) atoms. The van der Waals surface area contributed by atoms with E-state index in [2.05, 4.69) is 0 Å². The molecule has 1 aliphatic rings. The van der Waals surface area contributed by atoms with Crippen molar-refractivity contribution in [3.8, 4) is 0 Å². The van der Waals surface area contributed by atoms with Crippen molar-refractivity contribution in [2.24, 2.45) is 16.7 Å². The van der Waals surface area contributed by atoms with Crippen molar-refractivity contribution in [1.82, 2.24) is 0 Å². The lowest BCUT2D eigenvalue weighted by Gasteiger charge is -2.44. The summed E-state index contributed by atoms with van der Waals surface area (Å²) >= 11 is 0. The maximum atomic E-state index is 11.0. The molecule has 0 aliphatic heterocycles. The first-order valence-corrected chi connectivity index (χ1v) is 5.04. The van der Waals surface area contributed by atoms with Crippen molar-refractivity contribution < 1.29 is 19.5 Å². The van der Waals surface area contributed by atoms with E-state index in [-0.39, 0.29) is 0 Å². The van der Waals surface area contributed by atoms with Crippen LogP contribution in [0.1, 0.15) is 33.1 Å². The van der Waals surface area contributed by atoms with Crippen LogP contribution < -0.4 is 0 Å².